The Morgan fingerprint density at radius 1 is 0.880 bits per heavy atom. The monoisotopic (exact) mass is 377 g/mol. The lowest BCUT2D eigenvalue weighted by Crippen LogP contribution is -2.25. The third-order valence-corrected chi connectivity index (χ3v) is 4.89. The number of hydrogen-bond donors (Lipinski definition) is 0. The van der Waals surface area contributed by atoms with Crippen LogP contribution in [0.1, 0.15) is 18.1 Å². The van der Waals surface area contributed by atoms with Gasteiger partial charge in [-0.2, -0.15) is 0 Å². The number of carbonyl (C=O) groups is 2. The van der Waals surface area contributed by atoms with Gasteiger partial charge in [0, 0.05) is 22.4 Å². The summed E-state index contributed by atoms with van der Waals surface area (Å²) in [5.41, 5.74) is 0.203. The van der Waals surface area contributed by atoms with Crippen LogP contribution in [0.2, 0.25) is 5.02 Å². The van der Waals surface area contributed by atoms with Gasteiger partial charge in [-0.15, -0.1) is 0 Å². The van der Waals surface area contributed by atoms with Crippen LogP contribution in [0, 0.1) is 0 Å². The van der Waals surface area contributed by atoms with Gasteiger partial charge in [-0.05, 0) is 42.3 Å². The largest absolute Gasteiger partial charge is 0.545 e. The first-order valence-electron chi connectivity index (χ1n) is 7.14. The van der Waals surface area contributed by atoms with Gasteiger partial charge in [-0.1, -0.05) is 35.9 Å². The van der Waals surface area contributed by atoms with Crippen molar-refractivity contribution in [3.8, 4) is 0 Å². The molecule has 0 aliphatic heterocycles. The standard InChI is InChI=1S/C18H15ClO5S/c1-11(20)16(12-5-9-15(10-6-12)25(2,23)24)17(18(21)22)13-3-7-14(19)8-4-13/h3-10H,1-2H3,(H,21,22)/p-1/b17-16+. The van der Waals surface area contributed by atoms with E-state index in [1.54, 1.807) is 0 Å². The van der Waals surface area contributed by atoms with E-state index in [1.807, 2.05) is 0 Å². The van der Waals surface area contributed by atoms with Crippen molar-refractivity contribution in [2.24, 2.45) is 0 Å². The minimum Gasteiger partial charge on any atom is -0.545 e. The third kappa shape index (κ3) is 4.35. The minimum absolute atomic E-state index is 0.0672. The number of sulfone groups is 1. The van der Waals surface area contributed by atoms with Gasteiger partial charge in [0.15, 0.2) is 15.6 Å². The van der Waals surface area contributed by atoms with E-state index in [0.29, 0.717) is 5.02 Å². The van der Waals surface area contributed by atoms with Crippen LogP contribution in [0.15, 0.2) is 53.4 Å². The molecule has 0 unspecified atom stereocenters. The van der Waals surface area contributed by atoms with E-state index >= 15 is 0 Å². The van der Waals surface area contributed by atoms with Crippen molar-refractivity contribution in [2.45, 2.75) is 11.8 Å². The van der Waals surface area contributed by atoms with E-state index in [9.17, 15) is 23.1 Å². The number of allylic oxidation sites excluding steroid dienone is 1. The average Bonchev–Trinajstić information content (AvgIpc) is 2.52. The number of aliphatic carboxylic acids is 1. The van der Waals surface area contributed by atoms with Gasteiger partial charge >= 0.3 is 0 Å². The number of Topliss-reactive ketones (excluding diaryl/α,β-unsaturated/α-hetero) is 1. The van der Waals surface area contributed by atoms with Crippen LogP contribution >= 0.6 is 11.6 Å². The Morgan fingerprint density at radius 2 is 1.32 bits per heavy atom. The van der Waals surface area contributed by atoms with E-state index in [1.165, 1.54) is 55.5 Å². The lowest BCUT2D eigenvalue weighted by atomic mass is 9.92. The van der Waals surface area contributed by atoms with Gasteiger partial charge in [0.25, 0.3) is 0 Å². The second kappa shape index (κ2) is 7.21. The SMILES string of the molecule is CC(=O)/C(=C(\C(=O)[O-])c1ccc(Cl)cc1)c1ccc(S(C)(=O)=O)cc1. The summed E-state index contributed by atoms with van der Waals surface area (Å²) in [7, 11) is -3.40. The summed E-state index contributed by atoms with van der Waals surface area (Å²) in [5, 5.41) is 12.1. The van der Waals surface area contributed by atoms with E-state index < -0.39 is 21.6 Å². The molecule has 0 aromatic heterocycles. The molecule has 7 heteroatoms. The summed E-state index contributed by atoms with van der Waals surface area (Å²) < 4.78 is 23.1. The maximum atomic E-state index is 12.1. The number of carboxylic acid groups (broad SMARTS) is 1. The van der Waals surface area contributed by atoms with Crippen LogP contribution < -0.4 is 5.11 Å². The van der Waals surface area contributed by atoms with E-state index in [2.05, 4.69) is 0 Å². The lowest BCUT2D eigenvalue weighted by molar-refractivity contribution is -0.295. The Bertz CT molecular complexity index is 956. The molecule has 0 fully saturated rings. The molecule has 5 nitrogen and oxygen atoms in total. The molecule has 0 aliphatic rings. The molecule has 0 saturated carbocycles. The molecule has 2 aromatic rings. The highest BCUT2D eigenvalue weighted by Gasteiger charge is 2.18. The molecule has 0 aliphatic carbocycles. The van der Waals surface area contributed by atoms with Crippen LogP contribution in [0.3, 0.4) is 0 Å². The molecule has 0 radical (unpaired) electrons. The molecule has 0 atom stereocenters. The fraction of sp³-hybridized carbons (Fsp3) is 0.111. The van der Waals surface area contributed by atoms with Gasteiger partial charge in [0.1, 0.15) is 0 Å². The number of carboxylic acids is 1. The predicted molar refractivity (Wildman–Crippen MR) is 93.5 cm³/mol. The second-order valence-corrected chi connectivity index (χ2v) is 7.85. The number of benzene rings is 2. The fourth-order valence-electron chi connectivity index (χ4n) is 2.37. The zero-order valence-electron chi connectivity index (χ0n) is 13.4. The van der Waals surface area contributed by atoms with Crippen molar-refractivity contribution in [1.29, 1.82) is 0 Å². The maximum Gasteiger partial charge on any atom is 0.175 e. The zero-order chi connectivity index (χ0) is 18.8. The summed E-state index contributed by atoms with van der Waals surface area (Å²) in [6.45, 7) is 1.23. The van der Waals surface area contributed by atoms with E-state index in [4.69, 9.17) is 11.6 Å². The highest BCUT2D eigenvalue weighted by atomic mass is 35.5. The van der Waals surface area contributed by atoms with Crippen molar-refractivity contribution in [2.75, 3.05) is 6.26 Å². The molecule has 0 saturated heterocycles. The molecule has 0 amide bonds. The lowest BCUT2D eigenvalue weighted by Gasteiger charge is -2.16. The molecular formula is C18H14ClO5S-. The minimum atomic E-state index is -3.40. The Morgan fingerprint density at radius 3 is 1.72 bits per heavy atom. The number of hydrogen-bond acceptors (Lipinski definition) is 5. The van der Waals surface area contributed by atoms with E-state index in [0.717, 1.165) is 6.26 Å². The summed E-state index contributed by atoms with van der Waals surface area (Å²) in [6, 6.07) is 11.4. The Hall–Kier alpha value is -2.44. The summed E-state index contributed by atoms with van der Waals surface area (Å²) in [4.78, 5) is 23.9. The van der Waals surface area contributed by atoms with Gasteiger partial charge in [-0.3, -0.25) is 4.79 Å². The first-order valence-corrected chi connectivity index (χ1v) is 9.41. The molecule has 0 spiro atoms. The van der Waals surface area contributed by atoms with Crippen molar-refractivity contribution < 1.29 is 23.1 Å². The Labute approximate surface area is 150 Å². The number of rotatable bonds is 5. The Balaban J connectivity index is 2.71. The topological polar surface area (TPSA) is 91.3 Å². The quantitative estimate of drug-likeness (QED) is 0.587. The molecule has 0 bridgehead atoms. The van der Waals surface area contributed by atoms with E-state index in [-0.39, 0.29) is 27.2 Å². The highest BCUT2D eigenvalue weighted by Crippen LogP contribution is 2.28. The fourth-order valence-corrected chi connectivity index (χ4v) is 3.13. The van der Waals surface area contributed by atoms with Gasteiger partial charge in [-0.25, -0.2) is 8.42 Å². The number of ketones is 1. The van der Waals surface area contributed by atoms with Crippen LogP contribution in [-0.2, 0) is 19.4 Å². The van der Waals surface area contributed by atoms with Gasteiger partial charge in [0.05, 0.1) is 10.9 Å². The second-order valence-electron chi connectivity index (χ2n) is 5.40. The first-order chi connectivity index (χ1) is 11.6. The molecule has 2 aromatic carbocycles. The molecule has 2 rings (SSSR count). The van der Waals surface area contributed by atoms with Gasteiger partial charge < -0.3 is 9.90 Å². The summed E-state index contributed by atoms with van der Waals surface area (Å²) in [5.74, 6) is -2.00. The molecule has 0 N–H and O–H groups in total. The third-order valence-electron chi connectivity index (χ3n) is 3.51. The first kappa shape index (κ1) is 18.9. The van der Waals surface area contributed by atoms with Crippen LogP contribution in [0.25, 0.3) is 11.1 Å². The summed E-state index contributed by atoms with van der Waals surface area (Å²) in [6.07, 6.45) is 1.06. The normalized spacial score (nSPS) is 12.4. The van der Waals surface area contributed by atoms with Gasteiger partial charge in [0.2, 0.25) is 0 Å². The average molecular weight is 378 g/mol. The smallest absolute Gasteiger partial charge is 0.175 e. The molecule has 25 heavy (non-hydrogen) atoms. The van der Waals surface area contributed by atoms with Crippen LogP contribution in [-0.4, -0.2) is 26.4 Å². The number of halogens is 1. The number of carbonyl (C=O) groups excluding carboxylic acids is 2. The maximum absolute atomic E-state index is 12.1. The van der Waals surface area contributed by atoms with Crippen molar-refractivity contribution in [3.05, 3.63) is 64.7 Å². The van der Waals surface area contributed by atoms with Crippen molar-refractivity contribution >= 4 is 44.3 Å². The van der Waals surface area contributed by atoms with Crippen LogP contribution in [0.4, 0.5) is 0 Å². The predicted octanol–water partition coefficient (Wildman–Crippen LogP) is 1.99. The van der Waals surface area contributed by atoms with Crippen molar-refractivity contribution in [3.63, 3.8) is 0 Å². The van der Waals surface area contributed by atoms with Crippen LogP contribution in [0.5, 0.6) is 0 Å². The molecular weight excluding hydrogens is 364 g/mol. The zero-order valence-corrected chi connectivity index (χ0v) is 15.0. The molecule has 130 valence electrons. The summed E-state index contributed by atoms with van der Waals surface area (Å²) >= 11 is 5.81. The Kier molecular flexibility index (Phi) is 5.45. The highest BCUT2D eigenvalue weighted by molar-refractivity contribution is 7.90. The van der Waals surface area contributed by atoms with Crippen molar-refractivity contribution in [1.82, 2.24) is 0 Å². The molecule has 0 heterocycles.